The van der Waals surface area contributed by atoms with Gasteiger partial charge >= 0.3 is 0 Å². The van der Waals surface area contributed by atoms with Gasteiger partial charge in [0.2, 0.25) is 0 Å². The highest BCUT2D eigenvalue weighted by molar-refractivity contribution is 6.23. The molecular formula is C48H30O. The van der Waals surface area contributed by atoms with Crippen molar-refractivity contribution >= 4 is 54.3 Å². The van der Waals surface area contributed by atoms with Crippen LogP contribution in [-0.2, 0) is 0 Å². The monoisotopic (exact) mass is 622 g/mol. The van der Waals surface area contributed by atoms with Gasteiger partial charge in [0.25, 0.3) is 0 Å². The summed E-state index contributed by atoms with van der Waals surface area (Å²) in [6.07, 6.45) is 0. The first kappa shape index (κ1) is 27.7. The smallest absolute Gasteiger partial charge is 0.143 e. The molecule has 0 aliphatic carbocycles. The van der Waals surface area contributed by atoms with E-state index in [-0.39, 0.29) is 0 Å². The highest BCUT2D eigenvalue weighted by Gasteiger charge is 2.19. The lowest BCUT2D eigenvalue weighted by Crippen LogP contribution is -1.91. The fraction of sp³-hybridized carbons (Fsp3) is 0. The summed E-state index contributed by atoms with van der Waals surface area (Å²) < 4.78 is 6.55. The lowest BCUT2D eigenvalue weighted by atomic mass is 9.85. The first-order valence-electron chi connectivity index (χ1n) is 16.8. The molecule has 0 bridgehead atoms. The molecule has 1 aromatic heterocycles. The van der Waals surface area contributed by atoms with E-state index >= 15 is 0 Å². The number of hydrogen-bond acceptors (Lipinski definition) is 1. The van der Waals surface area contributed by atoms with Crippen molar-refractivity contribution in [3.63, 3.8) is 0 Å². The lowest BCUT2D eigenvalue weighted by Gasteiger charge is -2.18. The standard InChI is InChI=1S/C48H30O/c1-3-13-33(14-4-1)45-38-19-9-10-20-39(38)46(34-15-5-2-6-16-34)43-29-35(27-28-40(43)45)31-23-25-32(26-24-31)42-30-36-17-7-8-18-37(36)47-41-21-11-12-22-44(41)49-48(42)47/h1-30H. The van der Waals surface area contributed by atoms with Crippen molar-refractivity contribution in [2.24, 2.45) is 0 Å². The van der Waals surface area contributed by atoms with Crippen molar-refractivity contribution in [3.05, 3.63) is 182 Å². The molecular weight excluding hydrogens is 593 g/mol. The molecule has 0 aliphatic heterocycles. The van der Waals surface area contributed by atoms with Gasteiger partial charge in [-0.05, 0) is 89.5 Å². The van der Waals surface area contributed by atoms with Crippen LogP contribution in [0.15, 0.2) is 186 Å². The fourth-order valence-electron chi connectivity index (χ4n) is 7.82. The van der Waals surface area contributed by atoms with Crippen molar-refractivity contribution in [2.45, 2.75) is 0 Å². The van der Waals surface area contributed by atoms with E-state index in [1.807, 2.05) is 6.07 Å². The van der Waals surface area contributed by atoms with Crippen LogP contribution in [0.2, 0.25) is 0 Å². The molecule has 0 aliphatic rings. The molecule has 1 heteroatoms. The van der Waals surface area contributed by atoms with Gasteiger partial charge in [-0.2, -0.15) is 0 Å². The van der Waals surface area contributed by atoms with E-state index in [1.54, 1.807) is 0 Å². The first-order chi connectivity index (χ1) is 24.3. The highest BCUT2D eigenvalue weighted by atomic mass is 16.3. The number of para-hydroxylation sites is 1. The van der Waals surface area contributed by atoms with E-state index in [0.29, 0.717) is 0 Å². The summed E-state index contributed by atoms with van der Waals surface area (Å²) in [5.74, 6) is 0. The molecule has 9 aromatic carbocycles. The normalized spacial score (nSPS) is 11.7. The fourth-order valence-corrected chi connectivity index (χ4v) is 7.82. The average Bonchev–Trinajstić information content (AvgIpc) is 3.57. The van der Waals surface area contributed by atoms with Crippen molar-refractivity contribution in [1.29, 1.82) is 0 Å². The highest BCUT2D eigenvalue weighted by Crippen LogP contribution is 2.45. The van der Waals surface area contributed by atoms with Gasteiger partial charge < -0.3 is 4.42 Å². The molecule has 0 saturated heterocycles. The van der Waals surface area contributed by atoms with Crippen LogP contribution >= 0.6 is 0 Å². The van der Waals surface area contributed by atoms with E-state index in [2.05, 4.69) is 176 Å². The quantitative estimate of drug-likeness (QED) is 0.178. The van der Waals surface area contributed by atoms with Gasteiger partial charge in [0, 0.05) is 16.3 Å². The van der Waals surface area contributed by atoms with Crippen molar-refractivity contribution < 1.29 is 4.42 Å². The number of furan rings is 1. The van der Waals surface area contributed by atoms with Crippen molar-refractivity contribution in [1.82, 2.24) is 0 Å². The Kier molecular flexibility index (Phi) is 6.25. The summed E-state index contributed by atoms with van der Waals surface area (Å²) in [6, 6.07) is 65.7. The predicted octanol–water partition coefficient (Wildman–Crippen LogP) is 13.7. The minimum atomic E-state index is 0.916. The Morgan fingerprint density at radius 3 is 1.51 bits per heavy atom. The van der Waals surface area contributed by atoms with Crippen LogP contribution in [-0.4, -0.2) is 0 Å². The molecule has 0 atom stereocenters. The third kappa shape index (κ3) is 4.40. The van der Waals surface area contributed by atoms with Gasteiger partial charge in [0.05, 0.1) is 0 Å². The Bertz CT molecular complexity index is 2840. The molecule has 0 N–H and O–H groups in total. The van der Waals surface area contributed by atoms with Crippen LogP contribution in [0.3, 0.4) is 0 Å². The summed E-state index contributed by atoms with van der Waals surface area (Å²) in [5.41, 5.74) is 11.5. The molecule has 10 aromatic rings. The Hall–Kier alpha value is -6.44. The molecule has 0 fully saturated rings. The summed E-state index contributed by atoms with van der Waals surface area (Å²) in [5, 5.41) is 9.80. The molecule has 0 saturated carbocycles. The number of fused-ring (bicyclic) bond motifs is 7. The summed E-state index contributed by atoms with van der Waals surface area (Å²) >= 11 is 0. The summed E-state index contributed by atoms with van der Waals surface area (Å²) in [6.45, 7) is 0. The van der Waals surface area contributed by atoms with Gasteiger partial charge in [-0.15, -0.1) is 0 Å². The lowest BCUT2D eigenvalue weighted by molar-refractivity contribution is 0.670. The van der Waals surface area contributed by atoms with Crippen LogP contribution in [0.5, 0.6) is 0 Å². The largest absolute Gasteiger partial charge is 0.455 e. The van der Waals surface area contributed by atoms with Crippen molar-refractivity contribution in [2.75, 3.05) is 0 Å². The van der Waals surface area contributed by atoms with Crippen LogP contribution in [0.4, 0.5) is 0 Å². The second kappa shape index (κ2) is 11.1. The SMILES string of the molecule is c1ccc(-c2c3ccccc3c(-c3ccccc3)c3cc(-c4ccc(-c5cc6ccccc6c6c5oc5ccccc56)cc4)ccc23)cc1. The van der Waals surface area contributed by atoms with Crippen LogP contribution < -0.4 is 0 Å². The zero-order chi connectivity index (χ0) is 32.3. The third-order valence-electron chi connectivity index (χ3n) is 10.0. The number of benzene rings is 9. The van der Waals surface area contributed by atoms with Crippen LogP contribution in [0.1, 0.15) is 0 Å². The molecule has 228 valence electrons. The third-order valence-corrected chi connectivity index (χ3v) is 10.0. The van der Waals surface area contributed by atoms with Gasteiger partial charge in [-0.1, -0.05) is 164 Å². The van der Waals surface area contributed by atoms with E-state index in [4.69, 9.17) is 4.42 Å². The molecule has 0 spiro atoms. The van der Waals surface area contributed by atoms with Crippen molar-refractivity contribution in [3.8, 4) is 44.5 Å². The maximum atomic E-state index is 6.55. The van der Waals surface area contributed by atoms with E-state index in [0.717, 1.165) is 27.7 Å². The number of hydrogen-bond donors (Lipinski definition) is 0. The van der Waals surface area contributed by atoms with E-state index < -0.39 is 0 Å². The zero-order valence-corrected chi connectivity index (χ0v) is 26.7. The summed E-state index contributed by atoms with van der Waals surface area (Å²) in [4.78, 5) is 0. The Labute approximate surface area is 284 Å². The average molecular weight is 623 g/mol. The van der Waals surface area contributed by atoms with Gasteiger partial charge in [-0.3, -0.25) is 0 Å². The minimum Gasteiger partial charge on any atom is -0.455 e. The maximum absolute atomic E-state index is 6.55. The maximum Gasteiger partial charge on any atom is 0.143 e. The Morgan fingerprint density at radius 1 is 0.306 bits per heavy atom. The topological polar surface area (TPSA) is 13.1 Å². The first-order valence-corrected chi connectivity index (χ1v) is 16.8. The van der Waals surface area contributed by atoms with Gasteiger partial charge in [0.1, 0.15) is 11.2 Å². The van der Waals surface area contributed by atoms with Gasteiger partial charge in [-0.25, -0.2) is 0 Å². The molecule has 10 rings (SSSR count). The summed E-state index contributed by atoms with van der Waals surface area (Å²) in [7, 11) is 0. The molecule has 0 radical (unpaired) electrons. The molecule has 0 unspecified atom stereocenters. The Morgan fingerprint density at radius 2 is 0.816 bits per heavy atom. The molecule has 0 amide bonds. The molecule has 49 heavy (non-hydrogen) atoms. The predicted molar refractivity (Wildman–Crippen MR) is 208 cm³/mol. The molecule has 1 heterocycles. The second-order valence-electron chi connectivity index (χ2n) is 12.8. The van der Waals surface area contributed by atoms with Crippen LogP contribution in [0.25, 0.3) is 98.8 Å². The van der Waals surface area contributed by atoms with E-state index in [1.165, 1.54) is 71.1 Å². The Balaban J connectivity index is 1.18. The van der Waals surface area contributed by atoms with Gasteiger partial charge in [0.15, 0.2) is 0 Å². The zero-order valence-electron chi connectivity index (χ0n) is 26.7. The minimum absolute atomic E-state index is 0.916. The van der Waals surface area contributed by atoms with E-state index in [9.17, 15) is 0 Å². The van der Waals surface area contributed by atoms with Crippen LogP contribution in [0, 0.1) is 0 Å². The molecule has 1 nitrogen and oxygen atoms in total. The number of rotatable bonds is 4. The second-order valence-corrected chi connectivity index (χ2v) is 12.8.